The zero-order valence-corrected chi connectivity index (χ0v) is 77.6. The number of methoxy groups -OCH3 is 1. The molecule has 20 heteroatoms. The number of carbonyl (C=O) groups excluding carboxylic acids is 2. The smallest absolute Gasteiger partial charge is 0.272 e. The summed E-state index contributed by atoms with van der Waals surface area (Å²) in [7, 11) is 8.01. The van der Waals surface area contributed by atoms with Gasteiger partial charge in [0.05, 0.1) is 48.9 Å². The van der Waals surface area contributed by atoms with E-state index in [-0.39, 0.29) is 30.4 Å². The Morgan fingerprint density at radius 1 is 0.463 bits per heavy atom. The number of nitrogens with zero attached hydrogens (tertiary/aromatic N) is 12. The summed E-state index contributed by atoms with van der Waals surface area (Å²) in [6.45, 7) is 94.3. The van der Waals surface area contributed by atoms with E-state index in [0.29, 0.717) is 91.0 Å². The van der Waals surface area contributed by atoms with Gasteiger partial charge in [0.1, 0.15) is 6.17 Å². The molecule has 11 saturated heterocycles. The molecule has 12 heterocycles. The number of benzene rings is 1. The third kappa shape index (κ3) is 32.5. The Balaban J connectivity index is 0.000000310. The van der Waals surface area contributed by atoms with Crippen LogP contribution in [0.4, 0.5) is 13.2 Å². The SMILES string of the molecule is CC(C)(C)N1C(=O)c2ccccc2C1=O.CC(C)(C)N1CC(Cl)C1.CC(C)(C)N1CC(F)(F)C1.CC(C)(C)N1CC2(COC2)C1.CC(C)(C)N1CCC1.CC(C)(C)N1CCC1(C)C.CC(C)(C)N1CCCC1.CC1CN(C(C)(C)C)C1.CN(C)C1CN(C(C)(C)C)C1.CN1CC(F)C1.COC1CN(C(C)(C)C)C1. The van der Waals surface area contributed by atoms with Crippen molar-refractivity contribution >= 4 is 23.4 Å². The molecular weight excluding hydrogens is 1380 g/mol. The van der Waals surface area contributed by atoms with Gasteiger partial charge < -0.3 is 19.3 Å². The largest absolute Gasteiger partial charge is 0.380 e. The van der Waals surface area contributed by atoms with Crippen molar-refractivity contribution in [2.45, 2.75) is 345 Å². The molecule has 12 aliphatic rings. The zero-order chi connectivity index (χ0) is 83.5. The van der Waals surface area contributed by atoms with E-state index in [1.807, 2.05) is 53.5 Å². The molecule has 0 aromatic heterocycles. The number of ether oxygens (including phenoxy) is 2. The summed E-state index contributed by atoms with van der Waals surface area (Å²) < 4.78 is 46.7. The van der Waals surface area contributed by atoms with Crippen LogP contribution >= 0.6 is 11.6 Å². The quantitative estimate of drug-likeness (QED) is 0.208. The van der Waals surface area contributed by atoms with Crippen LogP contribution < -0.4 is 0 Å². The fraction of sp³-hybridized carbons (Fsp3) is 0.909. The van der Waals surface area contributed by atoms with Gasteiger partial charge in [0.15, 0.2) is 0 Å². The van der Waals surface area contributed by atoms with Crippen molar-refractivity contribution in [3.8, 4) is 0 Å². The normalized spacial score (nSPS) is 23.6. The van der Waals surface area contributed by atoms with Gasteiger partial charge >= 0.3 is 0 Å². The standard InChI is InChI=1S/C12H13NO2.C9H20N2.C9H17NO.C9H19N.C8H17NO.2C8H17N.C7H14ClN.C7H13F2N.C7H15N.C4H8FN/c1-12(2,3)13-10(14)8-6-4-5-7-9(8)11(13)15;1-9(2,3)11-6-8(7-11)10(4)5;1-8(2,3)10-4-9(5-10)6-11-7-9;1-8(2,3)10-7-6-9(10,4)5;1-8(2,3)9-5-7(6-9)10-4;1-7-5-9(6-7)8(2,3)4;1-8(2,3)9-6-4-5-7-9;1-7(2,3)9-4-6(8)5-9;1-6(2,3)10-4-7(8,9)5-10;1-7(2,3)8-5-4-6-8;1-6-2-4(5)3-6/h4-7H,1-3H3;8H,6-7H2,1-5H3;4-7H2,1-3H3;6-7H2,1-5H3;7H,5-6H2,1-4H3;7H,5-6H2,1-4H3;4-7H2,1-3H3;6H,4-5H2,1-3H3;4-5H2,1-3H3;4-6H2,1-3H3;4H,2-3H2,1H3. The van der Waals surface area contributed by atoms with Gasteiger partial charge in [-0.2, -0.15) is 0 Å². The van der Waals surface area contributed by atoms with Gasteiger partial charge in [-0.05, 0) is 313 Å². The number of rotatable bonds is 2. The lowest BCUT2D eigenvalue weighted by atomic mass is 9.75. The molecule has 1 aromatic rings. The number of likely N-dealkylation sites (N-methyl/N-ethyl adjacent to an activating group) is 1. The maximum atomic E-state index is 12.3. The van der Waals surface area contributed by atoms with E-state index < -0.39 is 17.6 Å². The lowest BCUT2D eigenvalue weighted by Gasteiger charge is -2.59. The Labute approximate surface area is 668 Å². The highest BCUT2D eigenvalue weighted by atomic mass is 35.5. The number of halogens is 4. The van der Waals surface area contributed by atoms with Gasteiger partial charge in [0.2, 0.25) is 0 Å². The van der Waals surface area contributed by atoms with E-state index in [2.05, 4.69) is 245 Å². The highest BCUT2D eigenvalue weighted by molar-refractivity contribution is 6.22. The maximum absolute atomic E-state index is 12.3. The summed E-state index contributed by atoms with van der Waals surface area (Å²) >= 11 is 5.81. The number of hydrogen-bond acceptors (Lipinski definition) is 15. The van der Waals surface area contributed by atoms with Gasteiger partial charge in [0.25, 0.3) is 17.7 Å². The van der Waals surface area contributed by atoms with E-state index >= 15 is 0 Å². The number of likely N-dealkylation sites (tertiary alicyclic amines) is 10. The average Bonchev–Trinajstić information content (AvgIpc) is 0.897. The van der Waals surface area contributed by atoms with E-state index in [4.69, 9.17) is 21.1 Å². The zero-order valence-electron chi connectivity index (χ0n) is 76.9. The molecule has 2 amide bonds. The molecule has 0 N–H and O–H groups in total. The first-order valence-corrected chi connectivity index (χ1v) is 41.9. The Hall–Kier alpha value is -2.08. The number of hydrogen-bond donors (Lipinski definition) is 0. The molecule has 0 saturated carbocycles. The number of carbonyl (C=O) groups is 2. The van der Waals surface area contributed by atoms with E-state index in [0.717, 1.165) is 51.4 Å². The van der Waals surface area contributed by atoms with Crippen LogP contribution in [-0.2, 0) is 9.47 Å². The topological polar surface area (TPSA) is 91.5 Å². The van der Waals surface area contributed by atoms with Crippen molar-refractivity contribution in [3.05, 3.63) is 35.4 Å². The summed E-state index contributed by atoms with van der Waals surface area (Å²) in [5.74, 6) is -1.87. The number of amides is 2. The number of fused-ring (bicyclic) bond motifs is 1. The van der Waals surface area contributed by atoms with Crippen LogP contribution in [-0.4, -0.2) is 327 Å². The summed E-state index contributed by atoms with van der Waals surface area (Å²) in [6.07, 6.45) is 5.50. The van der Waals surface area contributed by atoms with Crippen LogP contribution in [0.2, 0.25) is 0 Å². The first-order valence-electron chi connectivity index (χ1n) is 41.4. The van der Waals surface area contributed by atoms with Gasteiger partial charge in [-0.25, -0.2) is 13.2 Å². The number of alkyl halides is 4. The van der Waals surface area contributed by atoms with Crippen LogP contribution in [0.3, 0.4) is 0 Å². The fourth-order valence-corrected chi connectivity index (χ4v) is 14.5. The second-order valence-corrected chi connectivity index (χ2v) is 44.7. The predicted octanol–water partition coefficient (Wildman–Crippen LogP) is 16.4. The molecule has 11 fully saturated rings. The third-order valence-corrected chi connectivity index (χ3v) is 23.2. The second-order valence-electron chi connectivity index (χ2n) is 44.1. The second kappa shape index (κ2) is 39.2. The lowest BCUT2D eigenvalue weighted by molar-refractivity contribution is -0.207. The monoisotopic (exact) mass is 1550 g/mol. The van der Waals surface area contributed by atoms with Crippen LogP contribution in [0.15, 0.2) is 24.3 Å². The highest BCUT2D eigenvalue weighted by Gasteiger charge is 2.52. The molecule has 1 spiro atoms. The summed E-state index contributed by atoms with van der Waals surface area (Å²) in [4.78, 5) is 51.2. The molecule has 0 aliphatic carbocycles. The van der Waals surface area contributed by atoms with Crippen molar-refractivity contribution in [2.24, 2.45) is 11.3 Å². The lowest BCUT2D eigenvalue weighted by Crippen LogP contribution is -2.69. The Morgan fingerprint density at radius 3 is 0.981 bits per heavy atom. The first-order chi connectivity index (χ1) is 48.5. The summed E-state index contributed by atoms with van der Waals surface area (Å²) in [6, 6.07) is 7.73. The fourth-order valence-electron chi connectivity index (χ4n) is 14.2. The molecule has 13 rings (SSSR count). The van der Waals surface area contributed by atoms with Crippen molar-refractivity contribution in [1.29, 1.82) is 0 Å². The minimum atomic E-state index is -2.42. The highest BCUT2D eigenvalue weighted by Crippen LogP contribution is 2.41. The van der Waals surface area contributed by atoms with Crippen molar-refractivity contribution in [2.75, 3.05) is 166 Å². The van der Waals surface area contributed by atoms with Crippen LogP contribution in [0.5, 0.6) is 0 Å². The minimum Gasteiger partial charge on any atom is -0.380 e. The molecule has 108 heavy (non-hydrogen) atoms. The minimum absolute atomic E-state index is 0.0729. The third-order valence-electron chi connectivity index (χ3n) is 22.9. The van der Waals surface area contributed by atoms with Gasteiger partial charge in [-0.1, -0.05) is 19.1 Å². The van der Waals surface area contributed by atoms with Crippen LogP contribution in [0, 0.1) is 11.3 Å². The summed E-state index contributed by atoms with van der Waals surface area (Å²) in [5, 5.41) is 0.407. The molecule has 0 bridgehead atoms. The number of imide groups is 1. The Bertz CT molecular complexity index is 2710. The van der Waals surface area contributed by atoms with Crippen molar-refractivity contribution < 1.29 is 32.2 Å². The average molecular weight is 1550 g/mol. The molecular formula is C88H170ClF3N12O4. The molecule has 1 aromatic carbocycles. The Kier molecular flexibility index (Phi) is 36.4. The molecule has 634 valence electrons. The van der Waals surface area contributed by atoms with Crippen LogP contribution in [0.25, 0.3) is 0 Å². The molecule has 12 aliphatic heterocycles. The van der Waals surface area contributed by atoms with Crippen LogP contribution in [0.1, 0.15) is 275 Å². The van der Waals surface area contributed by atoms with E-state index in [9.17, 15) is 22.8 Å². The maximum Gasteiger partial charge on any atom is 0.272 e. The van der Waals surface area contributed by atoms with E-state index in [1.165, 1.54) is 103 Å². The molecule has 16 nitrogen and oxygen atoms in total. The molecule has 0 atom stereocenters. The molecule has 0 radical (unpaired) electrons. The first kappa shape index (κ1) is 100. The van der Waals surface area contributed by atoms with Gasteiger partial charge in [0, 0.05) is 165 Å². The summed E-state index contributed by atoms with van der Waals surface area (Å²) in [5.41, 5.74) is 4.49. The Morgan fingerprint density at radius 2 is 0.806 bits per heavy atom. The van der Waals surface area contributed by atoms with Crippen molar-refractivity contribution in [1.82, 2.24) is 58.8 Å². The van der Waals surface area contributed by atoms with Crippen molar-refractivity contribution in [3.63, 3.8) is 0 Å². The predicted molar refractivity (Wildman–Crippen MR) is 454 cm³/mol. The van der Waals surface area contributed by atoms with Gasteiger partial charge in [-0.3, -0.25) is 58.6 Å². The molecule has 0 unspecified atom stereocenters. The van der Waals surface area contributed by atoms with E-state index in [1.54, 1.807) is 36.3 Å². The van der Waals surface area contributed by atoms with Gasteiger partial charge in [-0.15, -0.1) is 11.6 Å².